The van der Waals surface area contributed by atoms with Crippen molar-refractivity contribution in [2.75, 3.05) is 19.8 Å². The molecule has 0 radical (unpaired) electrons. The lowest BCUT2D eigenvalue weighted by Crippen LogP contribution is -2.29. The van der Waals surface area contributed by atoms with E-state index in [-0.39, 0.29) is 30.2 Å². The van der Waals surface area contributed by atoms with Crippen molar-refractivity contribution in [1.29, 1.82) is 0 Å². The first-order chi connectivity index (χ1) is 29.8. The quantitative estimate of drug-likeness (QED) is 0.0456. The fourth-order valence-electron chi connectivity index (χ4n) is 8.01. The molecule has 4 rings (SSSR count). The molecule has 0 spiro atoms. The van der Waals surface area contributed by atoms with Crippen LogP contribution < -0.4 is 4.74 Å². The van der Waals surface area contributed by atoms with Crippen molar-refractivity contribution in [2.24, 2.45) is 29.6 Å². The summed E-state index contributed by atoms with van der Waals surface area (Å²) in [5.74, 6) is 11.3. The van der Waals surface area contributed by atoms with Gasteiger partial charge in [0.15, 0.2) is 6.29 Å². The van der Waals surface area contributed by atoms with Crippen LogP contribution in [-0.2, 0) is 19.0 Å². The maximum absolute atomic E-state index is 13.1. The third-order valence-electron chi connectivity index (χ3n) is 12.0. The van der Waals surface area contributed by atoms with Gasteiger partial charge in [-0.3, -0.25) is 4.79 Å². The molecule has 0 bridgehead atoms. The molecular weight excluding hydrogens is 753 g/mol. The summed E-state index contributed by atoms with van der Waals surface area (Å²) in [6, 6.07) is 8.31. The highest BCUT2D eigenvalue weighted by atomic mass is 16.7. The molecule has 0 N–H and O–H groups in total. The van der Waals surface area contributed by atoms with Crippen LogP contribution >= 0.6 is 0 Å². The number of allylic oxidation sites excluding steroid dienone is 2. The standard InChI is InChI=1S/C44H70O5.C4H8.3C2H6.C2H4/c1-5-12-36-18-20-37(21-19-36)33-40(14-8-7-13-35(4)17-16-34(3)6-2)38-22-28-42(29-23-38)49-44(45)39-24-26-41(27-25-39)46-31-11-32-48-43-15-9-10-30-47-43;1-3-4-2;4*1-2/h22-23,28-29,34-37,39-41,43H,5-7,9-13,15-21,24-27,30-33H2,1-4H3;3-4H,1-2H3;3*1-2H3;1-2H2/b;4-3-;;;;. The average Bonchev–Trinajstić information content (AvgIpc) is 3.33. The summed E-state index contributed by atoms with van der Waals surface area (Å²) in [4.78, 5) is 13.1. The summed E-state index contributed by atoms with van der Waals surface area (Å²) in [6.45, 7) is 33.6. The highest BCUT2D eigenvalue weighted by Crippen LogP contribution is 2.37. The zero-order valence-corrected chi connectivity index (χ0v) is 42.3. The molecule has 3 fully saturated rings. The lowest BCUT2D eigenvalue weighted by Gasteiger charge is -2.30. The van der Waals surface area contributed by atoms with E-state index in [1.807, 2.05) is 79.7 Å². The van der Waals surface area contributed by atoms with E-state index in [4.69, 9.17) is 18.9 Å². The van der Waals surface area contributed by atoms with Crippen molar-refractivity contribution in [3.8, 4) is 17.6 Å². The molecule has 2 saturated carbocycles. The van der Waals surface area contributed by atoms with Crippen molar-refractivity contribution >= 4 is 5.97 Å². The van der Waals surface area contributed by atoms with Gasteiger partial charge in [-0.2, -0.15) is 0 Å². The van der Waals surface area contributed by atoms with E-state index < -0.39 is 0 Å². The van der Waals surface area contributed by atoms with Crippen molar-refractivity contribution in [3.05, 3.63) is 55.1 Å². The van der Waals surface area contributed by atoms with Gasteiger partial charge >= 0.3 is 5.97 Å². The Morgan fingerprint density at radius 2 is 1.36 bits per heavy atom. The molecule has 1 saturated heterocycles. The Morgan fingerprint density at radius 3 is 1.92 bits per heavy atom. The normalized spacial score (nSPS) is 22.1. The van der Waals surface area contributed by atoms with Gasteiger partial charge < -0.3 is 18.9 Å². The van der Waals surface area contributed by atoms with Crippen LogP contribution in [-0.4, -0.2) is 38.2 Å². The minimum Gasteiger partial charge on any atom is -0.426 e. The van der Waals surface area contributed by atoms with Crippen LogP contribution in [0.5, 0.6) is 5.75 Å². The largest absolute Gasteiger partial charge is 0.426 e. The first-order valence-corrected chi connectivity index (χ1v) is 25.6. The van der Waals surface area contributed by atoms with E-state index in [9.17, 15) is 4.79 Å². The van der Waals surface area contributed by atoms with Crippen molar-refractivity contribution in [3.63, 3.8) is 0 Å². The minimum absolute atomic E-state index is 0.0328. The van der Waals surface area contributed by atoms with E-state index in [0.29, 0.717) is 19.0 Å². The number of rotatable bonds is 19. The Bertz CT molecular complexity index is 1170. The van der Waals surface area contributed by atoms with Gasteiger partial charge in [-0.25, -0.2) is 0 Å². The fraction of sp³-hybridized carbons (Fsp3) is 0.768. The monoisotopic (exact) mass is 853 g/mol. The summed E-state index contributed by atoms with van der Waals surface area (Å²) in [5, 5.41) is 0. The van der Waals surface area contributed by atoms with Crippen molar-refractivity contribution < 1.29 is 23.7 Å². The molecule has 354 valence electrons. The van der Waals surface area contributed by atoms with Crippen molar-refractivity contribution in [2.45, 2.75) is 230 Å². The molecular formula is C56H100O5. The number of hydrogen-bond acceptors (Lipinski definition) is 5. The van der Waals surface area contributed by atoms with E-state index in [2.05, 4.69) is 64.8 Å². The number of hydrogen-bond donors (Lipinski definition) is 0. The first kappa shape index (κ1) is 60.7. The molecule has 1 aliphatic heterocycles. The summed E-state index contributed by atoms with van der Waals surface area (Å²) in [5.41, 5.74) is 1.27. The van der Waals surface area contributed by atoms with Gasteiger partial charge in [0.2, 0.25) is 0 Å². The predicted molar refractivity (Wildman–Crippen MR) is 266 cm³/mol. The van der Waals surface area contributed by atoms with Gasteiger partial charge in [0.05, 0.1) is 18.6 Å². The fourth-order valence-corrected chi connectivity index (χ4v) is 8.01. The molecule has 4 unspecified atom stereocenters. The van der Waals surface area contributed by atoms with Crippen LogP contribution in [0.3, 0.4) is 0 Å². The summed E-state index contributed by atoms with van der Waals surface area (Å²) in [7, 11) is 0. The topological polar surface area (TPSA) is 54.0 Å². The number of benzene rings is 1. The molecule has 0 amide bonds. The third-order valence-corrected chi connectivity index (χ3v) is 12.0. The van der Waals surface area contributed by atoms with Crippen LogP contribution in [0, 0.1) is 41.4 Å². The predicted octanol–water partition coefficient (Wildman–Crippen LogP) is 16.9. The molecule has 5 nitrogen and oxygen atoms in total. The second kappa shape index (κ2) is 42.9. The third kappa shape index (κ3) is 29.6. The molecule has 3 aliphatic rings. The lowest BCUT2D eigenvalue weighted by molar-refractivity contribution is -0.164. The van der Waals surface area contributed by atoms with Crippen LogP contribution in [0.15, 0.2) is 49.6 Å². The average molecular weight is 853 g/mol. The summed E-state index contributed by atoms with van der Waals surface area (Å²) < 4.78 is 23.5. The van der Waals surface area contributed by atoms with Crippen LogP contribution in [0.25, 0.3) is 0 Å². The SMILES string of the molecule is C/C=C\C.C=C.CC.CC.CC.CCCC1CCC(CC(C#CCCC(C)CCC(C)CC)c2ccc(OC(=O)C3CCC(OCCCOC4CCCCO4)CC3)cc2)CC1. The molecule has 61 heavy (non-hydrogen) atoms. The molecule has 5 heteroatoms. The summed E-state index contributed by atoms with van der Waals surface area (Å²) >= 11 is 0. The Hall–Kier alpha value is -2.39. The minimum atomic E-state index is -0.102. The van der Waals surface area contributed by atoms with Gasteiger partial charge in [0.1, 0.15) is 5.75 Å². The van der Waals surface area contributed by atoms with Gasteiger partial charge in [0.25, 0.3) is 0 Å². The van der Waals surface area contributed by atoms with E-state index >= 15 is 0 Å². The molecule has 1 heterocycles. The van der Waals surface area contributed by atoms with Crippen LogP contribution in [0.4, 0.5) is 0 Å². The molecule has 0 aromatic heterocycles. The number of esters is 1. The zero-order valence-electron chi connectivity index (χ0n) is 42.3. The highest BCUT2D eigenvalue weighted by molar-refractivity contribution is 5.75. The summed E-state index contributed by atoms with van der Waals surface area (Å²) in [6.07, 6.45) is 27.2. The smallest absolute Gasteiger partial charge is 0.314 e. The Kier molecular flexibility index (Phi) is 42.7. The van der Waals surface area contributed by atoms with Gasteiger partial charge in [-0.05, 0) is 119 Å². The zero-order chi connectivity index (χ0) is 46.1. The Labute approximate surface area is 380 Å². The Morgan fingerprint density at radius 1 is 0.770 bits per heavy atom. The molecule has 4 atom stereocenters. The van der Waals surface area contributed by atoms with Gasteiger partial charge in [-0.15, -0.1) is 19.1 Å². The van der Waals surface area contributed by atoms with Gasteiger partial charge in [0, 0.05) is 25.6 Å². The molecule has 2 aliphatic carbocycles. The van der Waals surface area contributed by atoms with E-state index in [0.717, 1.165) is 88.1 Å². The highest BCUT2D eigenvalue weighted by Gasteiger charge is 2.29. The second-order valence-corrected chi connectivity index (χ2v) is 16.5. The number of ether oxygens (including phenoxy) is 4. The molecule has 1 aromatic rings. The number of carbonyl (C=O) groups excluding carboxylic acids is 1. The van der Waals surface area contributed by atoms with Crippen LogP contribution in [0.1, 0.15) is 223 Å². The maximum atomic E-state index is 13.1. The van der Waals surface area contributed by atoms with E-state index in [1.54, 1.807) is 0 Å². The second-order valence-electron chi connectivity index (χ2n) is 16.5. The number of carbonyl (C=O) groups is 1. The Balaban J connectivity index is 0. The molecule has 1 aromatic carbocycles. The first-order valence-electron chi connectivity index (χ1n) is 25.6. The lowest BCUT2D eigenvalue weighted by atomic mass is 9.76. The van der Waals surface area contributed by atoms with Gasteiger partial charge in [-0.1, -0.05) is 157 Å². The van der Waals surface area contributed by atoms with E-state index in [1.165, 1.54) is 76.2 Å². The maximum Gasteiger partial charge on any atom is 0.314 e. The van der Waals surface area contributed by atoms with Crippen LogP contribution in [0.2, 0.25) is 0 Å². The van der Waals surface area contributed by atoms with Crippen molar-refractivity contribution in [1.82, 2.24) is 0 Å².